The van der Waals surface area contributed by atoms with Crippen molar-refractivity contribution in [3.05, 3.63) is 39.9 Å². The largest absolute Gasteiger partial charge is 0.279 e. The molecule has 1 heterocycles. The van der Waals surface area contributed by atoms with E-state index in [-0.39, 0.29) is 9.77 Å². The van der Waals surface area contributed by atoms with E-state index in [1.165, 1.54) is 24.3 Å². The number of hydrogen-bond acceptors (Lipinski definition) is 6. The third-order valence-corrected chi connectivity index (χ3v) is 4.62. The minimum Gasteiger partial charge on any atom is -0.273 e. The number of aromatic nitrogens is 2. The van der Waals surface area contributed by atoms with Crippen LogP contribution in [0.3, 0.4) is 0 Å². The van der Waals surface area contributed by atoms with Crippen LogP contribution in [-0.2, 0) is 10.0 Å². The van der Waals surface area contributed by atoms with Gasteiger partial charge in [-0.2, -0.15) is 0 Å². The maximum atomic E-state index is 11.9. The number of hydrazine groups is 1. The summed E-state index contributed by atoms with van der Waals surface area (Å²) in [5.74, 6) is -0.616. The first-order valence-corrected chi connectivity index (χ1v) is 7.90. The molecule has 0 aliphatic rings. The van der Waals surface area contributed by atoms with E-state index in [4.69, 9.17) is 11.6 Å². The fourth-order valence-electron chi connectivity index (χ4n) is 1.28. The smallest absolute Gasteiger partial charge is 0.273 e. The summed E-state index contributed by atoms with van der Waals surface area (Å²) in [6.07, 6.45) is 0. The van der Waals surface area contributed by atoms with Gasteiger partial charge in [-0.3, -0.25) is 10.2 Å². The zero-order valence-electron chi connectivity index (χ0n) is 10.1. The molecular weight excluding hydrogens is 324 g/mol. The Morgan fingerprint density at radius 1 is 1.30 bits per heavy atom. The minimum atomic E-state index is -3.85. The van der Waals surface area contributed by atoms with Crippen molar-refractivity contribution in [2.75, 3.05) is 0 Å². The van der Waals surface area contributed by atoms with Crippen molar-refractivity contribution in [1.29, 1.82) is 0 Å². The standard InChI is InChI=1S/C10H9ClN4O3S2/c1-6-9(19-14-12-6)10(16)13-15-20(17,18)8-4-2-7(11)3-5-8/h2-5,15H,1H3,(H,13,16). The molecule has 2 rings (SSSR count). The number of nitrogens with zero attached hydrogens (tertiary/aromatic N) is 2. The second kappa shape index (κ2) is 5.83. The molecule has 0 aliphatic carbocycles. The molecule has 0 atom stereocenters. The number of sulfonamides is 1. The first kappa shape index (κ1) is 14.9. The predicted molar refractivity (Wildman–Crippen MR) is 73.9 cm³/mol. The van der Waals surface area contributed by atoms with Crippen molar-refractivity contribution in [3.63, 3.8) is 0 Å². The zero-order valence-corrected chi connectivity index (χ0v) is 12.5. The fraction of sp³-hybridized carbons (Fsp3) is 0.100. The van der Waals surface area contributed by atoms with E-state index in [1.807, 2.05) is 4.83 Å². The predicted octanol–water partition coefficient (Wildman–Crippen LogP) is 1.12. The number of nitrogens with one attached hydrogen (secondary N) is 2. The molecule has 0 aliphatic heterocycles. The Hall–Kier alpha value is -1.55. The highest BCUT2D eigenvalue weighted by molar-refractivity contribution is 7.89. The van der Waals surface area contributed by atoms with Gasteiger partial charge < -0.3 is 0 Å². The zero-order chi connectivity index (χ0) is 14.8. The SMILES string of the molecule is Cc1nnsc1C(=O)NNS(=O)(=O)c1ccc(Cl)cc1. The summed E-state index contributed by atoms with van der Waals surface area (Å²) in [5, 5.41) is 4.08. The van der Waals surface area contributed by atoms with Crippen molar-refractivity contribution in [2.45, 2.75) is 11.8 Å². The molecule has 0 bridgehead atoms. The molecule has 1 aromatic heterocycles. The van der Waals surface area contributed by atoms with Crippen molar-refractivity contribution in [1.82, 2.24) is 19.8 Å². The number of carbonyl (C=O) groups is 1. The Labute approximate surface area is 124 Å². The number of amides is 1. The van der Waals surface area contributed by atoms with Crippen LogP contribution >= 0.6 is 23.1 Å². The summed E-state index contributed by atoms with van der Waals surface area (Å²) in [5.41, 5.74) is 2.53. The Kier molecular flexibility index (Phi) is 4.33. The van der Waals surface area contributed by atoms with Crippen LogP contribution < -0.4 is 10.3 Å². The van der Waals surface area contributed by atoms with Gasteiger partial charge in [0, 0.05) is 5.02 Å². The van der Waals surface area contributed by atoms with Gasteiger partial charge in [-0.05, 0) is 42.7 Å². The number of hydrogen-bond donors (Lipinski definition) is 2. The van der Waals surface area contributed by atoms with Gasteiger partial charge >= 0.3 is 0 Å². The van der Waals surface area contributed by atoms with Gasteiger partial charge in [0.15, 0.2) is 0 Å². The summed E-state index contributed by atoms with van der Waals surface area (Å²) >= 11 is 6.56. The van der Waals surface area contributed by atoms with Crippen molar-refractivity contribution >= 4 is 39.1 Å². The van der Waals surface area contributed by atoms with Crippen molar-refractivity contribution in [2.24, 2.45) is 0 Å². The third-order valence-electron chi connectivity index (χ3n) is 2.28. The number of carbonyl (C=O) groups excluding carboxylic acids is 1. The molecule has 0 spiro atoms. The highest BCUT2D eigenvalue weighted by atomic mass is 35.5. The molecule has 0 unspecified atom stereocenters. The van der Waals surface area contributed by atoms with Gasteiger partial charge in [0.1, 0.15) is 4.88 Å². The van der Waals surface area contributed by atoms with Gasteiger partial charge in [0.2, 0.25) is 0 Å². The molecular formula is C10H9ClN4O3S2. The topological polar surface area (TPSA) is 101 Å². The van der Waals surface area contributed by atoms with E-state index in [0.29, 0.717) is 10.7 Å². The van der Waals surface area contributed by atoms with E-state index in [1.54, 1.807) is 6.92 Å². The molecule has 106 valence electrons. The molecule has 10 heteroatoms. The summed E-state index contributed by atoms with van der Waals surface area (Å²) in [4.78, 5) is 13.9. The van der Waals surface area contributed by atoms with Crippen molar-refractivity contribution < 1.29 is 13.2 Å². The molecule has 0 saturated heterocycles. The highest BCUT2D eigenvalue weighted by Crippen LogP contribution is 2.13. The number of benzene rings is 1. The van der Waals surface area contributed by atoms with Gasteiger partial charge in [-0.25, -0.2) is 8.42 Å². The van der Waals surface area contributed by atoms with E-state index in [9.17, 15) is 13.2 Å². The molecule has 1 aromatic carbocycles. The molecule has 20 heavy (non-hydrogen) atoms. The minimum absolute atomic E-state index is 0.0126. The molecule has 2 aromatic rings. The van der Waals surface area contributed by atoms with Crippen molar-refractivity contribution in [3.8, 4) is 0 Å². The maximum absolute atomic E-state index is 11.9. The summed E-state index contributed by atoms with van der Waals surface area (Å²) in [7, 11) is -3.85. The first-order chi connectivity index (χ1) is 9.40. The monoisotopic (exact) mass is 332 g/mol. The normalized spacial score (nSPS) is 11.3. The molecule has 1 amide bonds. The fourth-order valence-corrected chi connectivity index (χ4v) is 2.80. The van der Waals surface area contributed by atoms with Crippen LogP contribution in [0, 0.1) is 6.92 Å². The first-order valence-electron chi connectivity index (χ1n) is 5.27. The van der Waals surface area contributed by atoms with E-state index >= 15 is 0 Å². The van der Waals surface area contributed by atoms with Crippen LogP contribution in [-0.4, -0.2) is 23.9 Å². The highest BCUT2D eigenvalue weighted by Gasteiger charge is 2.18. The van der Waals surface area contributed by atoms with Gasteiger partial charge in [0.25, 0.3) is 15.9 Å². The number of halogens is 1. The summed E-state index contributed by atoms with van der Waals surface area (Å²) < 4.78 is 27.4. The van der Waals surface area contributed by atoms with Gasteiger partial charge in [0.05, 0.1) is 10.6 Å². The molecule has 2 N–H and O–H groups in total. The molecule has 0 saturated carbocycles. The van der Waals surface area contributed by atoms with Crippen LogP contribution in [0.5, 0.6) is 0 Å². The van der Waals surface area contributed by atoms with Crippen LogP contribution in [0.4, 0.5) is 0 Å². The summed E-state index contributed by atoms with van der Waals surface area (Å²) in [6.45, 7) is 1.60. The van der Waals surface area contributed by atoms with E-state index < -0.39 is 15.9 Å². The van der Waals surface area contributed by atoms with Gasteiger partial charge in [-0.15, -0.1) is 9.93 Å². The summed E-state index contributed by atoms with van der Waals surface area (Å²) in [6, 6.07) is 5.54. The van der Waals surface area contributed by atoms with Crippen LogP contribution in [0.1, 0.15) is 15.4 Å². The quantitative estimate of drug-likeness (QED) is 0.817. The number of rotatable bonds is 4. The Balaban J connectivity index is 2.08. The lowest BCUT2D eigenvalue weighted by Gasteiger charge is -2.07. The average molecular weight is 333 g/mol. The van der Waals surface area contributed by atoms with Crippen LogP contribution in [0.2, 0.25) is 5.02 Å². The Bertz CT molecular complexity index is 727. The lowest BCUT2D eigenvalue weighted by molar-refractivity contribution is 0.0948. The lowest BCUT2D eigenvalue weighted by Crippen LogP contribution is -2.41. The van der Waals surface area contributed by atoms with Crippen LogP contribution in [0.25, 0.3) is 0 Å². The Morgan fingerprint density at radius 3 is 2.50 bits per heavy atom. The second-order valence-electron chi connectivity index (χ2n) is 3.70. The Morgan fingerprint density at radius 2 is 1.95 bits per heavy atom. The van der Waals surface area contributed by atoms with E-state index in [0.717, 1.165) is 11.5 Å². The average Bonchev–Trinajstić information content (AvgIpc) is 2.83. The molecule has 0 fully saturated rings. The molecule has 0 radical (unpaired) electrons. The second-order valence-corrected chi connectivity index (χ2v) is 6.57. The lowest BCUT2D eigenvalue weighted by atomic mass is 10.4. The third kappa shape index (κ3) is 3.31. The van der Waals surface area contributed by atoms with Crippen LogP contribution in [0.15, 0.2) is 29.2 Å². The maximum Gasteiger partial charge on any atom is 0.279 e. The van der Waals surface area contributed by atoms with E-state index in [2.05, 4.69) is 15.0 Å². The number of aryl methyl sites for hydroxylation is 1. The molecule has 7 nitrogen and oxygen atoms in total. The van der Waals surface area contributed by atoms with Gasteiger partial charge in [-0.1, -0.05) is 16.1 Å².